The standard InChI is InChI=1S/C7H9N.BrH/c1-6-4-3-5-8-7(6)2;/h3-5H,1-2H3;1H. The fourth-order valence-corrected chi connectivity index (χ4v) is 0.565. The highest BCUT2D eigenvalue weighted by Crippen LogP contribution is 1.98. The van der Waals surface area contributed by atoms with Gasteiger partial charge in [-0.1, -0.05) is 6.07 Å². The molecule has 0 fully saturated rings. The van der Waals surface area contributed by atoms with Crippen molar-refractivity contribution >= 4 is 17.0 Å². The van der Waals surface area contributed by atoms with E-state index in [0.717, 1.165) is 5.69 Å². The van der Waals surface area contributed by atoms with Crippen LogP contribution in [0.1, 0.15) is 11.3 Å². The minimum absolute atomic E-state index is 0. The highest BCUT2D eigenvalue weighted by molar-refractivity contribution is 8.93. The Bertz CT molecular complexity index is 165. The fourth-order valence-electron chi connectivity index (χ4n) is 0.565. The Labute approximate surface area is 65.9 Å². The first-order valence-corrected chi connectivity index (χ1v) is 2.69. The molecule has 9 heavy (non-hydrogen) atoms. The summed E-state index contributed by atoms with van der Waals surface area (Å²) >= 11 is 0. The Morgan fingerprint density at radius 3 is 2.33 bits per heavy atom. The average Bonchev–Trinajstić information content (AvgIpc) is 1.77. The zero-order valence-electron chi connectivity index (χ0n) is 5.59. The topological polar surface area (TPSA) is 12.9 Å². The van der Waals surface area contributed by atoms with Crippen LogP contribution in [-0.4, -0.2) is 4.98 Å². The second kappa shape index (κ2) is 3.62. The maximum absolute atomic E-state index is 4.08. The van der Waals surface area contributed by atoms with Crippen molar-refractivity contribution < 1.29 is 0 Å². The van der Waals surface area contributed by atoms with Gasteiger partial charge in [-0.2, -0.15) is 0 Å². The van der Waals surface area contributed by atoms with Crippen LogP contribution in [0.25, 0.3) is 0 Å². The third-order valence-electron chi connectivity index (χ3n) is 1.27. The third kappa shape index (κ3) is 2.14. The molecule has 0 aromatic carbocycles. The van der Waals surface area contributed by atoms with E-state index in [1.165, 1.54) is 5.56 Å². The maximum Gasteiger partial charge on any atom is 0.0401 e. The summed E-state index contributed by atoms with van der Waals surface area (Å²) in [6, 6.07) is 4.00. The fraction of sp³-hybridized carbons (Fsp3) is 0.286. The number of hydrogen-bond acceptors (Lipinski definition) is 1. The SMILES string of the molecule is Br.Cc1cccnc1C. The normalized spacial score (nSPS) is 8.22. The highest BCUT2D eigenvalue weighted by atomic mass is 79.9. The van der Waals surface area contributed by atoms with Gasteiger partial charge in [0, 0.05) is 11.9 Å². The van der Waals surface area contributed by atoms with Crippen LogP contribution in [0.4, 0.5) is 0 Å². The van der Waals surface area contributed by atoms with Crippen molar-refractivity contribution in [2.45, 2.75) is 13.8 Å². The van der Waals surface area contributed by atoms with E-state index in [2.05, 4.69) is 18.0 Å². The third-order valence-corrected chi connectivity index (χ3v) is 1.27. The second-order valence-electron chi connectivity index (χ2n) is 1.91. The van der Waals surface area contributed by atoms with E-state index in [4.69, 9.17) is 0 Å². The summed E-state index contributed by atoms with van der Waals surface area (Å²) in [6.45, 7) is 4.07. The van der Waals surface area contributed by atoms with E-state index in [1.54, 1.807) is 0 Å². The van der Waals surface area contributed by atoms with Crippen LogP contribution in [0.15, 0.2) is 18.3 Å². The van der Waals surface area contributed by atoms with Gasteiger partial charge in [0.2, 0.25) is 0 Å². The molecule has 0 saturated heterocycles. The number of aryl methyl sites for hydroxylation is 2. The maximum atomic E-state index is 4.08. The Kier molecular flexibility index (Phi) is 3.47. The molecular weight excluding hydrogens is 178 g/mol. The molecule has 0 aliphatic carbocycles. The molecule has 0 aliphatic heterocycles. The molecule has 0 radical (unpaired) electrons. The Hall–Kier alpha value is -0.370. The zero-order chi connectivity index (χ0) is 5.98. The minimum atomic E-state index is 0. The van der Waals surface area contributed by atoms with Gasteiger partial charge in [-0.25, -0.2) is 0 Å². The molecule has 1 aromatic heterocycles. The molecule has 50 valence electrons. The molecule has 0 N–H and O–H groups in total. The summed E-state index contributed by atoms with van der Waals surface area (Å²) in [4.78, 5) is 4.08. The summed E-state index contributed by atoms with van der Waals surface area (Å²) in [7, 11) is 0. The second-order valence-corrected chi connectivity index (χ2v) is 1.91. The molecular formula is C7H10BrN. The molecule has 0 bridgehead atoms. The van der Waals surface area contributed by atoms with Crippen molar-refractivity contribution in [3.05, 3.63) is 29.6 Å². The van der Waals surface area contributed by atoms with E-state index < -0.39 is 0 Å². The first-order chi connectivity index (χ1) is 3.80. The predicted octanol–water partition coefficient (Wildman–Crippen LogP) is 2.28. The van der Waals surface area contributed by atoms with E-state index in [-0.39, 0.29) is 17.0 Å². The van der Waals surface area contributed by atoms with Gasteiger partial charge in [0.25, 0.3) is 0 Å². The first-order valence-electron chi connectivity index (χ1n) is 2.69. The van der Waals surface area contributed by atoms with Crippen molar-refractivity contribution in [2.24, 2.45) is 0 Å². The monoisotopic (exact) mass is 187 g/mol. The Morgan fingerprint density at radius 2 is 2.00 bits per heavy atom. The zero-order valence-corrected chi connectivity index (χ0v) is 7.30. The lowest BCUT2D eigenvalue weighted by molar-refractivity contribution is 1.15. The van der Waals surface area contributed by atoms with Gasteiger partial charge in [-0.15, -0.1) is 17.0 Å². The van der Waals surface area contributed by atoms with E-state index in [9.17, 15) is 0 Å². The van der Waals surface area contributed by atoms with Crippen LogP contribution < -0.4 is 0 Å². The molecule has 1 nitrogen and oxygen atoms in total. The Balaban J connectivity index is 0.000000640. The van der Waals surface area contributed by atoms with Crippen molar-refractivity contribution in [3.8, 4) is 0 Å². The lowest BCUT2D eigenvalue weighted by Crippen LogP contribution is -1.81. The molecule has 0 amide bonds. The van der Waals surface area contributed by atoms with Crippen LogP contribution in [0.3, 0.4) is 0 Å². The van der Waals surface area contributed by atoms with Gasteiger partial charge in [0.1, 0.15) is 0 Å². The van der Waals surface area contributed by atoms with E-state index >= 15 is 0 Å². The van der Waals surface area contributed by atoms with Crippen molar-refractivity contribution in [2.75, 3.05) is 0 Å². The van der Waals surface area contributed by atoms with Crippen molar-refractivity contribution in [1.82, 2.24) is 4.98 Å². The van der Waals surface area contributed by atoms with Gasteiger partial charge in [0.05, 0.1) is 0 Å². The van der Waals surface area contributed by atoms with Crippen LogP contribution in [-0.2, 0) is 0 Å². The number of hydrogen-bond donors (Lipinski definition) is 0. The van der Waals surface area contributed by atoms with Crippen LogP contribution >= 0.6 is 17.0 Å². The number of halogens is 1. The average molecular weight is 188 g/mol. The quantitative estimate of drug-likeness (QED) is 0.608. The summed E-state index contributed by atoms with van der Waals surface area (Å²) in [5.74, 6) is 0. The van der Waals surface area contributed by atoms with Gasteiger partial charge < -0.3 is 0 Å². The number of rotatable bonds is 0. The van der Waals surface area contributed by atoms with Crippen LogP contribution in [0.5, 0.6) is 0 Å². The van der Waals surface area contributed by atoms with Gasteiger partial charge in [0.15, 0.2) is 0 Å². The highest BCUT2D eigenvalue weighted by Gasteiger charge is 1.85. The lowest BCUT2D eigenvalue weighted by atomic mass is 10.2. The molecule has 0 unspecified atom stereocenters. The molecule has 1 aromatic rings. The number of nitrogens with zero attached hydrogens (tertiary/aromatic N) is 1. The van der Waals surface area contributed by atoms with Gasteiger partial charge in [-0.3, -0.25) is 4.98 Å². The van der Waals surface area contributed by atoms with Crippen LogP contribution in [0, 0.1) is 13.8 Å². The van der Waals surface area contributed by atoms with Crippen molar-refractivity contribution in [1.29, 1.82) is 0 Å². The largest absolute Gasteiger partial charge is 0.261 e. The lowest BCUT2D eigenvalue weighted by Gasteiger charge is -1.92. The minimum Gasteiger partial charge on any atom is -0.261 e. The van der Waals surface area contributed by atoms with E-state index in [0.29, 0.717) is 0 Å². The molecule has 2 heteroatoms. The molecule has 1 rings (SSSR count). The van der Waals surface area contributed by atoms with Gasteiger partial charge in [-0.05, 0) is 25.5 Å². The van der Waals surface area contributed by atoms with Crippen molar-refractivity contribution in [3.63, 3.8) is 0 Å². The summed E-state index contributed by atoms with van der Waals surface area (Å²) < 4.78 is 0. The number of aromatic nitrogens is 1. The molecule has 0 atom stereocenters. The summed E-state index contributed by atoms with van der Waals surface area (Å²) in [5.41, 5.74) is 2.38. The molecule has 1 heterocycles. The molecule has 0 aliphatic rings. The molecule has 0 saturated carbocycles. The van der Waals surface area contributed by atoms with E-state index in [1.807, 2.05) is 19.2 Å². The summed E-state index contributed by atoms with van der Waals surface area (Å²) in [6.07, 6.45) is 1.81. The number of pyridine rings is 1. The first kappa shape index (κ1) is 8.63. The van der Waals surface area contributed by atoms with Gasteiger partial charge >= 0.3 is 0 Å². The smallest absolute Gasteiger partial charge is 0.0401 e. The predicted molar refractivity (Wildman–Crippen MR) is 44.0 cm³/mol. The Morgan fingerprint density at radius 1 is 1.33 bits per heavy atom. The summed E-state index contributed by atoms with van der Waals surface area (Å²) in [5, 5.41) is 0. The van der Waals surface area contributed by atoms with Crippen LogP contribution in [0.2, 0.25) is 0 Å². The molecule has 0 spiro atoms.